The Kier molecular flexibility index (Phi) is 9.68. The van der Waals surface area contributed by atoms with Crippen LogP contribution in [0.3, 0.4) is 0 Å². The summed E-state index contributed by atoms with van der Waals surface area (Å²) in [5, 5.41) is 13.5. The second-order valence-corrected chi connectivity index (χ2v) is 11.2. The average molecular weight is 609 g/mol. The highest BCUT2D eigenvalue weighted by atomic mass is 19.1. The van der Waals surface area contributed by atoms with Crippen LogP contribution >= 0.6 is 0 Å². The fraction of sp³-hybridized carbons (Fsp3) is 0.412. The number of likely N-dealkylation sites (tertiary alicyclic amines) is 1. The molecule has 8 nitrogen and oxygen atoms in total. The van der Waals surface area contributed by atoms with Crippen LogP contribution in [0.1, 0.15) is 67.8 Å². The van der Waals surface area contributed by atoms with Gasteiger partial charge in [0.25, 0.3) is 0 Å². The van der Waals surface area contributed by atoms with E-state index in [1.165, 1.54) is 18.2 Å². The second-order valence-electron chi connectivity index (χ2n) is 11.2. The number of carbonyl (C=O) groups excluding carboxylic acids is 1. The Labute approximate surface area is 255 Å². The smallest absolute Gasteiger partial charge is 0.309 e. The van der Waals surface area contributed by atoms with E-state index in [9.17, 15) is 23.5 Å². The maximum absolute atomic E-state index is 15.0. The van der Waals surface area contributed by atoms with E-state index in [0.29, 0.717) is 53.1 Å². The van der Waals surface area contributed by atoms with Gasteiger partial charge < -0.3 is 24.6 Å². The first-order valence-corrected chi connectivity index (χ1v) is 15.1. The number of rotatable bonds is 12. The number of nitrogens with one attached hydrogen (secondary N) is 1. The largest absolute Gasteiger partial charge is 0.494 e. The van der Waals surface area contributed by atoms with Crippen molar-refractivity contribution in [2.75, 3.05) is 31.8 Å². The molecule has 5 rings (SSSR count). The molecule has 3 atom stereocenters. The van der Waals surface area contributed by atoms with Crippen LogP contribution in [-0.2, 0) is 22.4 Å². The van der Waals surface area contributed by atoms with Crippen LogP contribution in [0.25, 0.3) is 0 Å². The number of carboxylic acid groups (broad SMARTS) is 1. The van der Waals surface area contributed by atoms with Gasteiger partial charge in [-0.05, 0) is 77.9 Å². The summed E-state index contributed by atoms with van der Waals surface area (Å²) in [4.78, 5) is 28.3. The third-order valence-corrected chi connectivity index (χ3v) is 8.39. The number of hydrogen-bond acceptors (Lipinski definition) is 6. The maximum Gasteiger partial charge on any atom is 0.309 e. The molecular formula is C34H38F2N2O6. The molecular weight excluding hydrogens is 570 g/mol. The van der Waals surface area contributed by atoms with Gasteiger partial charge in [-0.3, -0.25) is 14.5 Å². The molecule has 1 saturated heterocycles. The SMILES string of the molecule is CCCCOc1ccc([C@H]2[C@H](C(=O)O)[C@@H](c3cc(F)c4c(c3)OCO4)CN2CC(=O)Nc2c(CC)cc(F)cc2CC)cc1. The third-order valence-electron chi connectivity index (χ3n) is 8.39. The van der Waals surface area contributed by atoms with E-state index < -0.39 is 29.7 Å². The molecule has 0 unspecified atom stereocenters. The quantitative estimate of drug-likeness (QED) is 0.227. The topological polar surface area (TPSA) is 97.3 Å². The molecule has 0 spiro atoms. The first kappa shape index (κ1) is 31.3. The number of aryl methyl sites for hydroxylation is 2. The van der Waals surface area contributed by atoms with E-state index in [1.807, 2.05) is 30.9 Å². The molecule has 2 heterocycles. The molecule has 0 aromatic heterocycles. The van der Waals surface area contributed by atoms with Crippen LogP contribution in [0.15, 0.2) is 48.5 Å². The number of hydrogen-bond donors (Lipinski definition) is 2. The third kappa shape index (κ3) is 6.50. The van der Waals surface area contributed by atoms with Crippen LogP contribution in [0.4, 0.5) is 14.5 Å². The molecule has 0 aliphatic carbocycles. The van der Waals surface area contributed by atoms with Crippen molar-refractivity contribution in [2.24, 2.45) is 5.92 Å². The van der Waals surface area contributed by atoms with E-state index in [0.717, 1.165) is 12.8 Å². The normalized spacial score (nSPS) is 19.2. The Hall–Kier alpha value is -4.18. The van der Waals surface area contributed by atoms with Gasteiger partial charge in [0.2, 0.25) is 18.4 Å². The zero-order chi connectivity index (χ0) is 31.4. The van der Waals surface area contributed by atoms with Crippen molar-refractivity contribution in [3.8, 4) is 17.2 Å². The number of fused-ring (bicyclic) bond motifs is 1. The van der Waals surface area contributed by atoms with Gasteiger partial charge in [-0.1, -0.05) is 39.3 Å². The van der Waals surface area contributed by atoms with E-state index >= 15 is 0 Å². The van der Waals surface area contributed by atoms with Crippen molar-refractivity contribution in [1.29, 1.82) is 0 Å². The molecule has 2 N–H and O–H groups in total. The first-order chi connectivity index (χ1) is 21.2. The Balaban J connectivity index is 1.48. The van der Waals surface area contributed by atoms with Crippen molar-refractivity contribution in [3.63, 3.8) is 0 Å². The van der Waals surface area contributed by atoms with Gasteiger partial charge >= 0.3 is 5.97 Å². The average Bonchev–Trinajstić information content (AvgIpc) is 3.64. The monoisotopic (exact) mass is 608 g/mol. The second kappa shape index (κ2) is 13.6. The number of ether oxygens (including phenoxy) is 3. The lowest BCUT2D eigenvalue weighted by molar-refractivity contribution is -0.143. The number of aliphatic carboxylic acids is 1. The van der Waals surface area contributed by atoms with Crippen molar-refractivity contribution in [3.05, 3.63) is 82.4 Å². The number of nitrogens with zero attached hydrogens (tertiary/aromatic N) is 1. The van der Waals surface area contributed by atoms with E-state index in [2.05, 4.69) is 12.2 Å². The van der Waals surface area contributed by atoms with Crippen LogP contribution in [0.2, 0.25) is 0 Å². The van der Waals surface area contributed by atoms with Gasteiger partial charge in [-0.2, -0.15) is 0 Å². The summed E-state index contributed by atoms with van der Waals surface area (Å²) >= 11 is 0. The van der Waals surface area contributed by atoms with Crippen LogP contribution in [-0.4, -0.2) is 48.4 Å². The summed E-state index contributed by atoms with van der Waals surface area (Å²) in [5.74, 6) is -3.17. The molecule has 0 bridgehead atoms. The van der Waals surface area contributed by atoms with Gasteiger partial charge in [0.05, 0.1) is 19.1 Å². The minimum absolute atomic E-state index is 0.00261. The Morgan fingerprint density at radius 1 is 1.00 bits per heavy atom. The van der Waals surface area contributed by atoms with Gasteiger partial charge in [0, 0.05) is 24.2 Å². The standard InChI is InChI=1S/C34H38F2N2O6/c1-4-7-12-42-25-10-8-22(9-11-25)32-30(34(40)41)26(23-15-27(36)33-28(16-23)43-19-44-33)17-38(32)18-29(39)37-31-20(5-2)13-24(35)14-21(31)6-3/h8-11,13-16,26,30,32H,4-7,12,17-19H2,1-3H3,(H,37,39)(H,40,41)/t26-,30-,32+/m1/s1. The summed E-state index contributed by atoms with van der Waals surface area (Å²) in [7, 11) is 0. The Bertz CT molecular complexity index is 1490. The summed E-state index contributed by atoms with van der Waals surface area (Å²) in [6.07, 6.45) is 2.96. The lowest BCUT2D eigenvalue weighted by Crippen LogP contribution is -2.35. The molecule has 3 aromatic carbocycles. The molecule has 10 heteroatoms. The number of unbranched alkanes of at least 4 members (excludes halogenated alkanes) is 1. The fourth-order valence-corrected chi connectivity index (χ4v) is 6.23. The van der Waals surface area contributed by atoms with Crippen LogP contribution in [0.5, 0.6) is 17.2 Å². The molecule has 1 fully saturated rings. The summed E-state index contributed by atoms with van der Waals surface area (Å²) < 4.78 is 45.6. The highest BCUT2D eigenvalue weighted by Crippen LogP contribution is 2.48. The predicted octanol–water partition coefficient (Wildman–Crippen LogP) is 6.48. The van der Waals surface area contributed by atoms with Crippen molar-refractivity contribution in [1.82, 2.24) is 4.90 Å². The highest BCUT2D eigenvalue weighted by Gasteiger charge is 2.48. The van der Waals surface area contributed by atoms with E-state index in [4.69, 9.17) is 14.2 Å². The Morgan fingerprint density at radius 2 is 1.70 bits per heavy atom. The molecule has 234 valence electrons. The number of carboxylic acids is 1. The lowest BCUT2D eigenvalue weighted by Gasteiger charge is -2.27. The van der Waals surface area contributed by atoms with Gasteiger partial charge in [0.1, 0.15) is 11.6 Å². The predicted molar refractivity (Wildman–Crippen MR) is 161 cm³/mol. The summed E-state index contributed by atoms with van der Waals surface area (Å²) in [5.41, 5.74) is 3.09. The highest BCUT2D eigenvalue weighted by molar-refractivity contribution is 5.94. The number of carbonyl (C=O) groups is 2. The van der Waals surface area contributed by atoms with Crippen molar-refractivity contribution < 1.29 is 37.7 Å². The van der Waals surface area contributed by atoms with Crippen molar-refractivity contribution in [2.45, 2.75) is 58.4 Å². The number of halogens is 2. The summed E-state index contributed by atoms with van der Waals surface area (Å²) in [6, 6.07) is 12.3. The molecule has 1 amide bonds. The fourth-order valence-electron chi connectivity index (χ4n) is 6.23. The van der Waals surface area contributed by atoms with E-state index in [1.54, 1.807) is 18.2 Å². The van der Waals surface area contributed by atoms with Crippen LogP contribution in [0, 0.1) is 17.6 Å². The minimum atomic E-state index is -1.07. The Morgan fingerprint density at radius 3 is 2.34 bits per heavy atom. The maximum atomic E-state index is 15.0. The molecule has 0 saturated carbocycles. The molecule has 2 aliphatic heterocycles. The number of amides is 1. The zero-order valence-electron chi connectivity index (χ0n) is 25.2. The number of benzene rings is 3. The molecule has 44 heavy (non-hydrogen) atoms. The van der Waals surface area contributed by atoms with Gasteiger partial charge in [0.15, 0.2) is 11.6 Å². The molecule has 3 aromatic rings. The van der Waals surface area contributed by atoms with Crippen molar-refractivity contribution >= 4 is 17.6 Å². The van der Waals surface area contributed by atoms with Gasteiger partial charge in [-0.15, -0.1) is 0 Å². The summed E-state index contributed by atoms with van der Waals surface area (Å²) in [6.45, 7) is 6.36. The number of anilines is 1. The zero-order valence-corrected chi connectivity index (χ0v) is 25.2. The molecule has 0 radical (unpaired) electrons. The first-order valence-electron chi connectivity index (χ1n) is 15.1. The van der Waals surface area contributed by atoms with Gasteiger partial charge in [-0.25, -0.2) is 8.78 Å². The molecule has 2 aliphatic rings. The van der Waals surface area contributed by atoms with E-state index in [-0.39, 0.29) is 43.1 Å². The van der Waals surface area contributed by atoms with Crippen LogP contribution < -0.4 is 19.5 Å². The lowest BCUT2D eigenvalue weighted by atomic mass is 9.82. The minimum Gasteiger partial charge on any atom is -0.494 e.